The normalized spacial score (nSPS) is 22.4. The summed E-state index contributed by atoms with van der Waals surface area (Å²) in [6.07, 6.45) is 5.15. The van der Waals surface area contributed by atoms with Crippen LogP contribution >= 0.6 is 0 Å². The Bertz CT molecular complexity index is 737. The van der Waals surface area contributed by atoms with Gasteiger partial charge in [0.05, 0.1) is 37.9 Å². The number of aryl methyl sites for hydroxylation is 1. The summed E-state index contributed by atoms with van der Waals surface area (Å²) in [6, 6.07) is 0.251. The molecule has 1 unspecified atom stereocenters. The number of hydrogen-bond acceptors (Lipinski definition) is 7. The van der Waals surface area contributed by atoms with Crippen LogP contribution in [-0.2, 0) is 23.1 Å². The van der Waals surface area contributed by atoms with E-state index in [1.807, 2.05) is 7.05 Å². The fraction of sp³-hybridized carbons (Fsp3) is 0.750. The minimum atomic E-state index is -0.00600. The summed E-state index contributed by atoms with van der Waals surface area (Å²) in [7, 11) is 3.54. The van der Waals surface area contributed by atoms with Gasteiger partial charge in [0.1, 0.15) is 6.33 Å². The standard InChI is InChI=1S/C16H25N7O2/c1-12-9-25-16(5-4-6-16)10-23(12)15-19-18-14(22(15)7-8-24-3)13-17-11-21(2)20-13/h11-12H,4-10H2,1-3H3. The van der Waals surface area contributed by atoms with Crippen molar-refractivity contribution in [2.45, 2.75) is 44.4 Å². The first-order valence-electron chi connectivity index (χ1n) is 8.81. The van der Waals surface area contributed by atoms with Crippen LogP contribution in [0.25, 0.3) is 11.6 Å². The highest BCUT2D eigenvalue weighted by Crippen LogP contribution is 2.40. The molecule has 3 heterocycles. The van der Waals surface area contributed by atoms with E-state index in [2.05, 4.69) is 36.7 Å². The Labute approximate surface area is 146 Å². The van der Waals surface area contributed by atoms with Crippen molar-refractivity contribution >= 4 is 5.95 Å². The molecule has 25 heavy (non-hydrogen) atoms. The highest BCUT2D eigenvalue weighted by atomic mass is 16.5. The van der Waals surface area contributed by atoms with Crippen LogP contribution in [0, 0.1) is 0 Å². The fourth-order valence-corrected chi connectivity index (χ4v) is 3.54. The smallest absolute Gasteiger partial charge is 0.228 e. The van der Waals surface area contributed by atoms with E-state index in [1.54, 1.807) is 18.1 Å². The Morgan fingerprint density at radius 3 is 2.84 bits per heavy atom. The molecule has 1 saturated heterocycles. The van der Waals surface area contributed by atoms with Gasteiger partial charge in [-0.2, -0.15) is 0 Å². The van der Waals surface area contributed by atoms with Gasteiger partial charge in [-0.1, -0.05) is 0 Å². The Morgan fingerprint density at radius 2 is 2.20 bits per heavy atom. The van der Waals surface area contributed by atoms with Gasteiger partial charge >= 0.3 is 0 Å². The molecule has 0 bridgehead atoms. The summed E-state index contributed by atoms with van der Waals surface area (Å²) < 4.78 is 15.2. The van der Waals surface area contributed by atoms with Crippen molar-refractivity contribution in [3.05, 3.63) is 6.33 Å². The lowest BCUT2D eigenvalue weighted by Gasteiger charge is -2.50. The lowest BCUT2D eigenvalue weighted by Crippen LogP contribution is -2.59. The summed E-state index contributed by atoms with van der Waals surface area (Å²) in [5.41, 5.74) is -0.00600. The van der Waals surface area contributed by atoms with Gasteiger partial charge in [0.25, 0.3) is 0 Å². The zero-order valence-corrected chi connectivity index (χ0v) is 15.1. The van der Waals surface area contributed by atoms with Crippen molar-refractivity contribution in [3.63, 3.8) is 0 Å². The summed E-state index contributed by atoms with van der Waals surface area (Å²) in [5.74, 6) is 2.10. The average Bonchev–Trinajstić information content (AvgIpc) is 3.18. The quantitative estimate of drug-likeness (QED) is 0.793. The monoisotopic (exact) mass is 347 g/mol. The van der Waals surface area contributed by atoms with Gasteiger partial charge in [-0.05, 0) is 26.2 Å². The van der Waals surface area contributed by atoms with Crippen LogP contribution in [0.4, 0.5) is 5.95 Å². The predicted molar refractivity (Wildman–Crippen MR) is 91.2 cm³/mol. The molecule has 9 heteroatoms. The lowest BCUT2D eigenvalue weighted by molar-refractivity contribution is -0.117. The third-order valence-corrected chi connectivity index (χ3v) is 5.19. The van der Waals surface area contributed by atoms with Crippen LogP contribution in [0.2, 0.25) is 0 Å². The second kappa shape index (κ2) is 6.38. The molecular formula is C16H25N7O2. The van der Waals surface area contributed by atoms with Crippen molar-refractivity contribution in [1.29, 1.82) is 0 Å². The molecule has 136 valence electrons. The molecule has 4 rings (SSSR count). The van der Waals surface area contributed by atoms with Gasteiger partial charge in [0.2, 0.25) is 17.6 Å². The molecule has 2 aliphatic rings. The van der Waals surface area contributed by atoms with Crippen molar-refractivity contribution in [1.82, 2.24) is 29.5 Å². The third kappa shape index (κ3) is 2.91. The van der Waals surface area contributed by atoms with Crippen LogP contribution in [0.15, 0.2) is 6.33 Å². The maximum Gasteiger partial charge on any atom is 0.228 e. The van der Waals surface area contributed by atoms with Crippen molar-refractivity contribution in [3.8, 4) is 11.6 Å². The highest BCUT2D eigenvalue weighted by molar-refractivity contribution is 5.49. The van der Waals surface area contributed by atoms with Crippen LogP contribution in [0.5, 0.6) is 0 Å². The zero-order chi connectivity index (χ0) is 17.4. The number of anilines is 1. The molecule has 2 aromatic heterocycles. The highest BCUT2D eigenvalue weighted by Gasteiger charge is 2.45. The van der Waals surface area contributed by atoms with E-state index in [0.717, 1.165) is 25.3 Å². The number of rotatable bonds is 5. The molecule has 1 spiro atoms. The summed E-state index contributed by atoms with van der Waals surface area (Å²) in [6.45, 7) is 4.97. The molecule has 0 N–H and O–H groups in total. The second-order valence-electron chi connectivity index (χ2n) is 7.03. The van der Waals surface area contributed by atoms with E-state index in [-0.39, 0.29) is 11.6 Å². The number of methoxy groups -OCH3 is 1. The number of nitrogens with zero attached hydrogens (tertiary/aromatic N) is 7. The van der Waals surface area contributed by atoms with E-state index in [4.69, 9.17) is 9.47 Å². The molecule has 0 amide bonds. The first-order valence-corrected chi connectivity index (χ1v) is 8.81. The van der Waals surface area contributed by atoms with Crippen molar-refractivity contribution in [2.75, 3.05) is 31.8 Å². The van der Waals surface area contributed by atoms with Gasteiger partial charge in [-0.15, -0.1) is 15.3 Å². The van der Waals surface area contributed by atoms with Gasteiger partial charge in [0, 0.05) is 14.2 Å². The maximum atomic E-state index is 6.13. The van der Waals surface area contributed by atoms with Crippen LogP contribution < -0.4 is 4.90 Å². The molecular weight excluding hydrogens is 322 g/mol. The average molecular weight is 347 g/mol. The topological polar surface area (TPSA) is 83.1 Å². The molecule has 0 radical (unpaired) electrons. The Balaban J connectivity index is 1.69. The van der Waals surface area contributed by atoms with E-state index in [0.29, 0.717) is 31.4 Å². The van der Waals surface area contributed by atoms with Crippen molar-refractivity contribution in [2.24, 2.45) is 7.05 Å². The minimum absolute atomic E-state index is 0.00600. The van der Waals surface area contributed by atoms with E-state index < -0.39 is 0 Å². The molecule has 0 aromatic carbocycles. The van der Waals surface area contributed by atoms with E-state index in [1.165, 1.54) is 6.42 Å². The Hall–Kier alpha value is -2.00. The molecule has 9 nitrogen and oxygen atoms in total. The van der Waals surface area contributed by atoms with E-state index in [9.17, 15) is 0 Å². The van der Waals surface area contributed by atoms with Gasteiger partial charge in [-0.25, -0.2) is 4.98 Å². The number of hydrogen-bond donors (Lipinski definition) is 0. The van der Waals surface area contributed by atoms with Crippen LogP contribution in [-0.4, -0.2) is 68.0 Å². The fourth-order valence-electron chi connectivity index (χ4n) is 3.54. The largest absolute Gasteiger partial charge is 0.383 e. The van der Waals surface area contributed by atoms with Crippen LogP contribution in [0.1, 0.15) is 26.2 Å². The maximum absolute atomic E-state index is 6.13. The zero-order valence-electron chi connectivity index (χ0n) is 15.1. The summed E-state index contributed by atoms with van der Waals surface area (Å²) in [4.78, 5) is 6.65. The molecule has 1 saturated carbocycles. The first-order chi connectivity index (χ1) is 12.1. The molecule has 2 fully saturated rings. The summed E-state index contributed by atoms with van der Waals surface area (Å²) >= 11 is 0. The van der Waals surface area contributed by atoms with Gasteiger partial charge < -0.3 is 14.4 Å². The SMILES string of the molecule is COCCn1c(-c2ncn(C)n2)nnc1N1CC2(CCC2)OCC1C. The lowest BCUT2D eigenvalue weighted by atomic mass is 9.78. The van der Waals surface area contributed by atoms with Gasteiger partial charge in [-0.3, -0.25) is 9.25 Å². The molecule has 1 aliphatic heterocycles. The third-order valence-electron chi connectivity index (χ3n) is 5.19. The Kier molecular flexibility index (Phi) is 4.20. The predicted octanol–water partition coefficient (Wildman–Crippen LogP) is 0.868. The number of ether oxygens (including phenoxy) is 2. The molecule has 2 aromatic rings. The minimum Gasteiger partial charge on any atom is -0.383 e. The summed E-state index contributed by atoms with van der Waals surface area (Å²) in [5, 5.41) is 13.3. The molecule has 1 aliphatic carbocycles. The van der Waals surface area contributed by atoms with Gasteiger partial charge in [0.15, 0.2) is 0 Å². The van der Waals surface area contributed by atoms with E-state index >= 15 is 0 Å². The number of morpholine rings is 1. The second-order valence-corrected chi connectivity index (χ2v) is 7.03. The number of aromatic nitrogens is 6. The van der Waals surface area contributed by atoms with Crippen molar-refractivity contribution < 1.29 is 9.47 Å². The molecule has 1 atom stereocenters. The first kappa shape index (κ1) is 16.5. The van der Waals surface area contributed by atoms with Crippen LogP contribution in [0.3, 0.4) is 0 Å². The Morgan fingerprint density at radius 1 is 1.36 bits per heavy atom.